The van der Waals surface area contributed by atoms with E-state index in [-0.39, 0.29) is 0 Å². The Morgan fingerprint density at radius 3 is 2.90 bits per heavy atom. The summed E-state index contributed by atoms with van der Waals surface area (Å²) in [5.74, 6) is 1.09. The molecule has 0 atom stereocenters. The van der Waals surface area contributed by atoms with Crippen molar-refractivity contribution in [1.29, 1.82) is 0 Å². The van der Waals surface area contributed by atoms with Crippen molar-refractivity contribution < 1.29 is 9.47 Å². The van der Waals surface area contributed by atoms with Crippen LogP contribution >= 0.6 is 0 Å². The maximum absolute atomic E-state index is 5.62. The van der Waals surface area contributed by atoms with Crippen molar-refractivity contribution in [2.45, 2.75) is 31.9 Å². The van der Waals surface area contributed by atoms with Crippen LogP contribution in [0.3, 0.4) is 0 Å². The van der Waals surface area contributed by atoms with Crippen LogP contribution in [0.15, 0.2) is 30.5 Å². The minimum atomic E-state index is 0.323. The van der Waals surface area contributed by atoms with Gasteiger partial charge >= 0.3 is 0 Å². The van der Waals surface area contributed by atoms with Crippen LogP contribution in [0, 0.1) is 0 Å². The van der Waals surface area contributed by atoms with Crippen molar-refractivity contribution in [3.05, 3.63) is 30.5 Å². The molecule has 0 aliphatic heterocycles. The standard InChI is InChI=1S/C20H23N7O2/c1-4-29-14-10-13(11-14)21-20-22-19(28-3)18-15(7-8-27(18)24-20)12-5-6-16-17(9-12)26(2)25-23-16/h5-9,13-14H,4,10-11H2,1-3H3,(H,21,24)/t13-,14+. The van der Waals surface area contributed by atoms with Crippen LogP contribution in [0.4, 0.5) is 5.95 Å². The van der Waals surface area contributed by atoms with E-state index in [4.69, 9.17) is 9.47 Å². The van der Waals surface area contributed by atoms with Crippen molar-refractivity contribution in [3.63, 3.8) is 0 Å². The van der Waals surface area contributed by atoms with Crippen molar-refractivity contribution >= 4 is 22.5 Å². The van der Waals surface area contributed by atoms with Crippen LogP contribution < -0.4 is 10.1 Å². The van der Waals surface area contributed by atoms with Gasteiger partial charge in [0.2, 0.25) is 11.8 Å². The first-order valence-electron chi connectivity index (χ1n) is 9.77. The van der Waals surface area contributed by atoms with Crippen molar-refractivity contribution in [3.8, 4) is 17.0 Å². The summed E-state index contributed by atoms with van der Waals surface area (Å²) in [6.45, 7) is 2.77. The molecule has 0 amide bonds. The van der Waals surface area contributed by atoms with E-state index in [2.05, 4.69) is 31.8 Å². The lowest BCUT2D eigenvalue weighted by atomic mass is 9.89. The average Bonchev–Trinajstić information content (AvgIpc) is 3.29. The molecule has 5 rings (SSSR count). The van der Waals surface area contributed by atoms with Gasteiger partial charge in [0, 0.05) is 31.5 Å². The number of methoxy groups -OCH3 is 1. The predicted molar refractivity (Wildman–Crippen MR) is 109 cm³/mol. The number of hydrogen-bond donors (Lipinski definition) is 1. The molecule has 150 valence electrons. The van der Waals surface area contributed by atoms with Crippen LogP contribution in [0.5, 0.6) is 5.88 Å². The van der Waals surface area contributed by atoms with E-state index in [0.717, 1.165) is 47.1 Å². The average molecular weight is 393 g/mol. The number of aryl methyl sites for hydroxylation is 1. The molecular weight excluding hydrogens is 370 g/mol. The van der Waals surface area contributed by atoms with E-state index in [9.17, 15) is 0 Å². The molecule has 1 aliphatic carbocycles. The highest BCUT2D eigenvalue weighted by atomic mass is 16.5. The highest BCUT2D eigenvalue weighted by molar-refractivity contribution is 5.89. The van der Waals surface area contributed by atoms with E-state index < -0.39 is 0 Å². The van der Waals surface area contributed by atoms with E-state index in [0.29, 0.717) is 24.0 Å². The van der Waals surface area contributed by atoms with E-state index in [1.807, 2.05) is 42.9 Å². The van der Waals surface area contributed by atoms with Gasteiger partial charge in [-0.3, -0.25) is 0 Å². The zero-order valence-corrected chi connectivity index (χ0v) is 16.7. The molecule has 29 heavy (non-hydrogen) atoms. The lowest BCUT2D eigenvalue weighted by Gasteiger charge is -2.35. The quantitative estimate of drug-likeness (QED) is 0.538. The number of fused-ring (bicyclic) bond motifs is 2. The molecule has 1 saturated carbocycles. The smallest absolute Gasteiger partial charge is 0.244 e. The first-order chi connectivity index (χ1) is 14.2. The fraction of sp³-hybridized carbons (Fsp3) is 0.400. The monoisotopic (exact) mass is 393 g/mol. The SMILES string of the molecule is CCO[C@H]1C[C@@H](Nc2nc(OC)c3c(-c4ccc5nnn(C)c5c4)ccn3n2)C1. The molecule has 0 radical (unpaired) electrons. The largest absolute Gasteiger partial charge is 0.479 e. The third-order valence-electron chi connectivity index (χ3n) is 5.42. The van der Waals surface area contributed by atoms with Gasteiger partial charge in [0.05, 0.1) is 18.7 Å². The Balaban J connectivity index is 1.49. The zero-order chi connectivity index (χ0) is 20.0. The summed E-state index contributed by atoms with van der Waals surface area (Å²) in [5, 5.41) is 16.3. The van der Waals surface area contributed by atoms with E-state index >= 15 is 0 Å². The van der Waals surface area contributed by atoms with Gasteiger partial charge < -0.3 is 14.8 Å². The fourth-order valence-corrected chi connectivity index (χ4v) is 3.86. The van der Waals surface area contributed by atoms with Gasteiger partial charge in [-0.05, 0) is 43.5 Å². The Labute approximate surface area is 167 Å². The van der Waals surface area contributed by atoms with Gasteiger partial charge in [-0.2, -0.15) is 4.98 Å². The number of benzene rings is 1. The first kappa shape index (κ1) is 17.9. The maximum Gasteiger partial charge on any atom is 0.244 e. The molecule has 9 nitrogen and oxygen atoms in total. The molecule has 4 aromatic rings. The number of anilines is 1. The maximum atomic E-state index is 5.62. The number of nitrogens with one attached hydrogen (secondary N) is 1. The Morgan fingerprint density at radius 1 is 1.24 bits per heavy atom. The number of rotatable bonds is 6. The third kappa shape index (κ3) is 3.07. The summed E-state index contributed by atoms with van der Waals surface area (Å²) in [6.07, 6.45) is 4.19. The van der Waals surface area contributed by atoms with Gasteiger partial charge in [-0.15, -0.1) is 10.2 Å². The van der Waals surface area contributed by atoms with Crippen LogP contribution in [0.2, 0.25) is 0 Å². The van der Waals surface area contributed by atoms with Crippen molar-refractivity contribution in [2.24, 2.45) is 7.05 Å². The normalized spacial score (nSPS) is 18.9. The van der Waals surface area contributed by atoms with Crippen LogP contribution in [0.25, 0.3) is 27.7 Å². The molecule has 9 heteroatoms. The molecule has 1 aliphatic rings. The van der Waals surface area contributed by atoms with Crippen molar-refractivity contribution in [1.82, 2.24) is 29.6 Å². The second-order valence-electron chi connectivity index (χ2n) is 7.27. The van der Waals surface area contributed by atoms with Gasteiger partial charge in [-0.25, -0.2) is 9.20 Å². The topological polar surface area (TPSA) is 91.4 Å². The highest BCUT2D eigenvalue weighted by Crippen LogP contribution is 2.33. The lowest BCUT2D eigenvalue weighted by molar-refractivity contribution is 0.00282. The first-order valence-corrected chi connectivity index (χ1v) is 9.77. The summed E-state index contributed by atoms with van der Waals surface area (Å²) in [5.41, 5.74) is 4.69. The van der Waals surface area contributed by atoms with Crippen molar-refractivity contribution in [2.75, 3.05) is 19.0 Å². The molecule has 1 N–H and O–H groups in total. The minimum Gasteiger partial charge on any atom is -0.479 e. The number of aromatic nitrogens is 6. The Bertz CT molecular complexity index is 1180. The molecule has 3 heterocycles. The van der Waals surface area contributed by atoms with Gasteiger partial charge in [0.15, 0.2) is 0 Å². The summed E-state index contributed by atoms with van der Waals surface area (Å²) in [6, 6.07) is 8.41. The van der Waals surface area contributed by atoms with E-state index in [1.165, 1.54) is 0 Å². The second-order valence-corrected chi connectivity index (χ2v) is 7.27. The minimum absolute atomic E-state index is 0.323. The number of hydrogen-bond acceptors (Lipinski definition) is 7. The number of ether oxygens (including phenoxy) is 2. The summed E-state index contributed by atoms with van der Waals surface area (Å²) in [4.78, 5) is 4.60. The number of nitrogens with zero attached hydrogens (tertiary/aromatic N) is 6. The van der Waals surface area contributed by atoms with Gasteiger partial charge in [0.25, 0.3) is 0 Å². The summed E-state index contributed by atoms with van der Waals surface area (Å²) in [7, 11) is 3.51. The van der Waals surface area contributed by atoms with Gasteiger partial charge in [-0.1, -0.05) is 11.3 Å². The molecule has 0 spiro atoms. The molecule has 3 aromatic heterocycles. The van der Waals surface area contributed by atoms with E-state index in [1.54, 1.807) is 11.8 Å². The molecule has 1 fully saturated rings. The molecule has 0 saturated heterocycles. The summed E-state index contributed by atoms with van der Waals surface area (Å²) >= 11 is 0. The zero-order valence-electron chi connectivity index (χ0n) is 16.7. The van der Waals surface area contributed by atoms with Gasteiger partial charge in [0.1, 0.15) is 11.0 Å². The molecule has 0 bridgehead atoms. The Kier molecular flexibility index (Phi) is 4.31. The summed E-state index contributed by atoms with van der Waals surface area (Å²) < 4.78 is 14.8. The molecule has 0 unspecified atom stereocenters. The molecule has 1 aromatic carbocycles. The highest BCUT2D eigenvalue weighted by Gasteiger charge is 2.30. The third-order valence-corrected chi connectivity index (χ3v) is 5.42. The predicted octanol–water partition coefficient (Wildman–Crippen LogP) is 2.67. The Hall–Kier alpha value is -3.20. The van der Waals surface area contributed by atoms with Crippen LogP contribution in [0.1, 0.15) is 19.8 Å². The second kappa shape index (κ2) is 7.00. The fourth-order valence-electron chi connectivity index (χ4n) is 3.86. The van der Waals surface area contributed by atoms with Crippen LogP contribution in [-0.2, 0) is 11.8 Å². The Morgan fingerprint density at radius 2 is 2.10 bits per heavy atom. The molecular formula is C20H23N7O2. The van der Waals surface area contributed by atoms with Crippen LogP contribution in [-0.4, -0.2) is 55.5 Å². The lowest BCUT2D eigenvalue weighted by Crippen LogP contribution is -2.41.